The number of fused-ring (bicyclic) bond motifs is 1. The van der Waals surface area contributed by atoms with Crippen molar-refractivity contribution in [3.05, 3.63) is 41.1 Å². The van der Waals surface area contributed by atoms with E-state index in [4.69, 9.17) is 29.9 Å². The van der Waals surface area contributed by atoms with Gasteiger partial charge in [0, 0.05) is 11.8 Å². The smallest absolute Gasteiger partial charge is 0.404 e. The molecule has 1 amide bonds. The molecule has 4 rings (SSSR count). The van der Waals surface area contributed by atoms with Crippen LogP contribution in [0.2, 0.25) is 0 Å². The Hall–Kier alpha value is -1.95. The average Bonchev–Trinajstić information content (AvgIpc) is 3.01. The molecule has 0 aromatic heterocycles. The number of benzene rings is 1. The van der Waals surface area contributed by atoms with Crippen molar-refractivity contribution in [3.8, 4) is 5.75 Å². The monoisotopic (exact) mass is 497 g/mol. The van der Waals surface area contributed by atoms with E-state index in [9.17, 15) is 32.4 Å². The molecule has 174 valence electrons. The molecule has 1 fully saturated rings. The summed E-state index contributed by atoms with van der Waals surface area (Å²) in [6.07, 6.45) is -10.6. The molecular weight excluding hydrogens is 482 g/mol. The predicted octanol–water partition coefficient (Wildman–Crippen LogP) is 2.66. The van der Waals surface area contributed by atoms with Crippen molar-refractivity contribution < 1.29 is 50.7 Å². The summed E-state index contributed by atoms with van der Waals surface area (Å²) in [5, 5.41) is 9.83. The number of aliphatic hydroxyl groups excluding tert-OH is 1. The summed E-state index contributed by atoms with van der Waals surface area (Å²) in [7, 11) is -4.41. The molecule has 3 aliphatic rings. The fourth-order valence-electron chi connectivity index (χ4n) is 3.40. The first-order valence-electron chi connectivity index (χ1n) is 9.23. The van der Waals surface area contributed by atoms with Crippen molar-refractivity contribution in [2.75, 3.05) is 6.61 Å². The Kier molecular flexibility index (Phi) is 6.12. The van der Waals surface area contributed by atoms with Gasteiger partial charge in [-0.05, 0) is 6.07 Å². The third kappa shape index (κ3) is 3.95. The standard InChI is InChI=1S/C18H16ClF3NO8P/c19-10-6-23(13(25)5-11(10)24)16-14(20)15(26)18(30-16,17(21)22)8-29-32(27)28-7-9-3-1-2-4-12(9)31-32/h1-4,6,14-17,26H,5,7-8H2/t14-,15-,16+,18+,32?/m0/s1. The second-order valence-electron chi connectivity index (χ2n) is 7.22. The number of phosphoric acid groups is 1. The maximum absolute atomic E-state index is 14.8. The van der Waals surface area contributed by atoms with Crippen LogP contribution in [0.15, 0.2) is 35.5 Å². The van der Waals surface area contributed by atoms with E-state index in [0.29, 0.717) is 10.5 Å². The lowest BCUT2D eigenvalue weighted by molar-refractivity contribution is -0.201. The zero-order valence-corrected chi connectivity index (χ0v) is 17.7. The van der Waals surface area contributed by atoms with Crippen LogP contribution in [0.25, 0.3) is 0 Å². The molecule has 32 heavy (non-hydrogen) atoms. The van der Waals surface area contributed by atoms with Gasteiger partial charge in [0.25, 0.3) is 6.43 Å². The molecule has 1 aromatic rings. The Bertz CT molecular complexity index is 1030. The highest BCUT2D eigenvalue weighted by Gasteiger charge is 2.63. The highest BCUT2D eigenvalue weighted by molar-refractivity contribution is 7.49. The first kappa shape index (κ1) is 23.2. The highest BCUT2D eigenvalue weighted by Crippen LogP contribution is 2.55. The Labute approximate surface area is 184 Å². The molecule has 0 aliphatic carbocycles. The Morgan fingerprint density at radius 1 is 1.34 bits per heavy atom. The number of hydrogen-bond donors (Lipinski definition) is 1. The van der Waals surface area contributed by atoms with E-state index in [1.165, 1.54) is 6.07 Å². The molecular formula is C18H16ClF3NO8P. The molecule has 1 N–H and O–H groups in total. The summed E-state index contributed by atoms with van der Waals surface area (Å²) < 4.78 is 75.9. The lowest BCUT2D eigenvalue weighted by Gasteiger charge is -2.34. The first-order valence-corrected chi connectivity index (χ1v) is 11.1. The Morgan fingerprint density at radius 2 is 2.06 bits per heavy atom. The van der Waals surface area contributed by atoms with E-state index in [1.54, 1.807) is 18.2 Å². The summed E-state index contributed by atoms with van der Waals surface area (Å²) in [6.45, 7) is -1.49. The third-order valence-electron chi connectivity index (χ3n) is 5.19. The topological polar surface area (TPSA) is 112 Å². The van der Waals surface area contributed by atoms with Gasteiger partial charge in [-0.25, -0.2) is 17.7 Å². The van der Waals surface area contributed by atoms with E-state index in [0.717, 1.165) is 6.20 Å². The second kappa shape index (κ2) is 8.44. The minimum atomic E-state index is -4.41. The number of ether oxygens (including phenoxy) is 1. The van der Waals surface area contributed by atoms with Gasteiger partial charge < -0.3 is 14.4 Å². The average molecular weight is 498 g/mol. The zero-order valence-electron chi connectivity index (χ0n) is 16.0. The number of Topliss-reactive ketones (excluding diaryl/α,β-unsaturated/α-hetero) is 1. The van der Waals surface area contributed by atoms with Crippen molar-refractivity contribution >= 4 is 31.1 Å². The largest absolute Gasteiger partial charge is 0.530 e. The maximum Gasteiger partial charge on any atom is 0.530 e. The van der Waals surface area contributed by atoms with Crippen LogP contribution < -0.4 is 4.52 Å². The summed E-state index contributed by atoms with van der Waals surface area (Å²) in [4.78, 5) is 24.2. The number of halogens is 4. The van der Waals surface area contributed by atoms with Crippen LogP contribution in [0.4, 0.5) is 13.2 Å². The summed E-state index contributed by atoms with van der Waals surface area (Å²) in [5.41, 5.74) is -2.48. The zero-order chi connectivity index (χ0) is 23.3. The highest BCUT2D eigenvalue weighted by atomic mass is 35.5. The number of carbonyl (C=O) groups excluding carboxylic acids is 2. The summed E-state index contributed by atoms with van der Waals surface area (Å²) in [6, 6.07) is 6.34. The van der Waals surface area contributed by atoms with Gasteiger partial charge in [-0.2, -0.15) is 0 Å². The van der Waals surface area contributed by atoms with Crippen LogP contribution in [0.5, 0.6) is 5.75 Å². The van der Waals surface area contributed by atoms with Crippen LogP contribution >= 0.6 is 19.4 Å². The number of nitrogens with zero attached hydrogens (tertiary/aromatic N) is 1. The minimum Gasteiger partial charge on any atom is -0.404 e. The molecule has 0 saturated carbocycles. The molecule has 0 radical (unpaired) electrons. The lowest BCUT2D eigenvalue weighted by atomic mass is 9.97. The second-order valence-corrected chi connectivity index (χ2v) is 9.23. The molecule has 3 aliphatic heterocycles. The van der Waals surface area contributed by atoms with Crippen molar-refractivity contribution in [1.82, 2.24) is 4.90 Å². The quantitative estimate of drug-likeness (QED) is 0.488. The van der Waals surface area contributed by atoms with Gasteiger partial charge in [0.05, 0.1) is 19.6 Å². The van der Waals surface area contributed by atoms with Crippen molar-refractivity contribution in [2.45, 2.75) is 43.6 Å². The maximum atomic E-state index is 14.8. The number of amides is 1. The van der Waals surface area contributed by atoms with Gasteiger partial charge in [0.2, 0.25) is 5.91 Å². The number of ketones is 1. The van der Waals surface area contributed by atoms with Gasteiger partial charge in [0.15, 0.2) is 23.8 Å². The first-order chi connectivity index (χ1) is 15.1. The fraction of sp³-hybridized carbons (Fsp3) is 0.444. The van der Waals surface area contributed by atoms with E-state index in [-0.39, 0.29) is 12.4 Å². The van der Waals surface area contributed by atoms with Gasteiger partial charge >= 0.3 is 7.82 Å². The van der Waals surface area contributed by atoms with E-state index in [2.05, 4.69) is 0 Å². The third-order valence-corrected chi connectivity index (χ3v) is 6.81. The number of alkyl halides is 3. The molecule has 1 aromatic carbocycles. The number of aliphatic hydroxyl groups is 1. The van der Waals surface area contributed by atoms with Crippen LogP contribution in [-0.4, -0.2) is 58.8 Å². The lowest BCUT2D eigenvalue weighted by Crippen LogP contribution is -2.52. The number of para-hydroxylation sites is 1. The SMILES string of the molecule is O=C1CC(=O)N([C@@H]2O[C@@](COP3(=O)OCc4ccccc4O3)(C(F)F)[C@@H](O)[C@@H]2F)C=C1Cl. The van der Waals surface area contributed by atoms with E-state index >= 15 is 0 Å². The van der Waals surface area contributed by atoms with Crippen LogP contribution in [-0.2, 0) is 34.5 Å². The van der Waals surface area contributed by atoms with Crippen LogP contribution in [0.1, 0.15) is 12.0 Å². The molecule has 1 saturated heterocycles. The van der Waals surface area contributed by atoms with Crippen LogP contribution in [0, 0.1) is 0 Å². The molecule has 0 spiro atoms. The van der Waals surface area contributed by atoms with Crippen LogP contribution in [0.3, 0.4) is 0 Å². The van der Waals surface area contributed by atoms with Crippen molar-refractivity contribution in [2.24, 2.45) is 0 Å². The number of phosphoric ester groups is 1. The van der Waals surface area contributed by atoms with Crippen molar-refractivity contribution in [3.63, 3.8) is 0 Å². The number of carbonyl (C=O) groups is 2. The summed E-state index contributed by atoms with van der Waals surface area (Å²) in [5.74, 6) is -1.56. The van der Waals surface area contributed by atoms with Gasteiger partial charge in [-0.3, -0.25) is 23.5 Å². The molecule has 5 atom stereocenters. The molecule has 0 bridgehead atoms. The summed E-state index contributed by atoms with van der Waals surface area (Å²) >= 11 is 5.68. The molecule has 14 heteroatoms. The predicted molar refractivity (Wildman–Crippen MR) is 100 cm³/mol. The Morgan fingerprint density at radius 3 is 2.78 bits per heavy atom. The van der Waals surface area contributed by atoms with Gasteiger partial charge in [0.1, 0.15) is 16.9 Å². The number of rotatable bonds is 5. The minimum absolute atomic E-state index is 0.144. The molecule has 9 nitrogen and oxygen atoms in total. The van der Waals surface area contributed by atoms with E-state index in [1.807, 2.05) is 0 Å². The Balaban J connectivity index is 1.55. The van der Waals surface area contributed by atoms with E-state index < -0.39 is 68.1 Å². The fourth-order valence-corrected chi connectivity index (χ4v) is 4.83. The van der Waals surface area contributed by atoms with Crippen molar-refractivity contribution in [1.29, 1.82) is 0 Å². The number of hydrogen-bond acceptors (Lipinski definition) is 8. The van der Waals surface area contributed by atoms with Gasteiger partial charge in [-0.15, -0.1) is 0 Å². The normalized spacial score (nSPS) is 35.0. The molecule has 3 heterocycles. The van der Waals surface area contributed by atoms with Gasteiger partial charge in [-0.1, -0.05) is 29.8 Å². The molecule has 1 unspecified atom stereocenters. The number of allylic oxidation sites excluding steroid dienone is 1.